The molecule has 0 spiro atoms. The maximum absolute atomic E-state index is 15.2. The molecule has 0 aliphatic rings. The Kier molecular flexibility index (Phi) is 5.79. The minimum atomic E-state index is -4.21. The normalized spacial score (nSPS) is 12.8. The number of rotatable bonds is 5. The Morgan fingerprint density at radius 1 is 0.302 bits per heavy atom. The Hall–Kier alpha value is -5.10. The molecule has 0 amide bonds. The van der Waals surface area contributed by atoms with Crippen molar-refractivity contribution in [3.63, 3.8) is 0 Å². The van der Waals surface area contributed by atoms with Gasteiger partial charge in [-0.05, 0) is 0 Å². The summed E-state index contributed by atoms with van der Waals surface area (Å²) < 4.78 is 0. The van der Waals surface area contributed by atoms with Crippen molar-refractivity contribution < 1.29 is 4.79 Å². The Balaban J connectivity index is 1.79. The fraction of sp³-hybridized carbons (Fsp3) is 0. The molecule has 0 aliphatic carbocycles. The van der Waals surface area contributed by atoms with Crippen LogP contribution in [-0.2, 0) is 4.79 Å². The standard InChI is InChI=1S/C41H29OP/c42-29-43(38-25-9-17-30-13-1-5-21-34(30)38,39-26-10-18-31-14-2-6-22-35(31)39,40-27-11-19-32-15-3-7-23-36(32)40)41-28-12-20-33-16-4-8-24-37(33)41/h1-29H. The number of hydrogen-bond donors (Lipinski definition) is 0. The van der Waals surface area contributed by atoms with Crippen molar-refractivity contribution in [2.24, 2.45) is 0 Å². The molecule has 0 bridgehead atoms. The summed E-state index contributed by atoms with van der Waals surface area (Å²) in [5.41, 5.74) is 0. The number of carbonyl (C=O) groups excluding carboxylic acids is 1. The molecule has 8 aromatic rings. The molecule has 0 unspecified atom stereocenters. The third-order valence-electron chi connectivity index (χ3n) is 9.28. The van der Waals surface area contributed by atoms with Crippen molar-refractivity contribution >= 4 is 76.9 Å². The zero-order chi connectivity index (χ0) is 28.9. The molecule has 8 aromatic carbocycles. The van der Waals surface area contributed by atoms with Gasteiger partial charge >= 0.3 is 252 Å². The second-order valence-electron chi connectivity index (χ2n) is 11.3. The molecule has 0 aromatic heterocycles. The molecule has 2 heteroatoms. The summed E-state index contributed by atoms with van der Waals surface area (Å²) >= 11 is 0. The van der Waals surface area contributed by atoms with Crippen LogP contribution in [0.15, 0.2) is 170 Å². The number of benzene rings is 8. The summed E-state index contributed by atoms with van der Waals surface area (Å²) in [6.45, 7) is -4.21. The van der Waals surface area contributed by atoms with Crippen LogP contribution in [0.5, 0.6) is 0 Å². The molecular weight excluding hydrogens is 539 g/mol. The zero-order valence-electron chi connectivity index (χ0n) is 23.6. The van der Waals surface area contributed by atoms with E-state index in [1.807, 2.05) is 0 Å². The van der Waals surface area contributed by atoms with E-state index >= 15 is 4.79 Å². The van der Waals surface area contributed by atoms with Gasteiger partial charge in [0.2, 0.25) is 0 Å². The summed E-state index contributed by atoms with van der Waals surface area (Å²) in [5.74, 6) is 0. The molecule has 0 saturated carbocycles. The second kappa shape index (κ2) is 9.73. The Labute approximate surface area is 251 Å². The number of carbonyl (C=O) groups is 1. The molecule has 0 radical (unpaired) electrons. The van der Waals surface area contributed by atoms with Gasteiger partial charge < -0.3 is 0 Å². The molecule has 43 heavy (non-hydrogen) atoms. The molecule has 0 N–H and O–H groups in total. The summed E-state index contributed by atoms with van der Waals surface area (Å²) in [4.78, 5) is 15.2. The fourth-order valence-electron chi connectivity index (χ4n) is 7.46. The van der Waals surface area contributed by atoms with Crippen LogP contribution in [-0.4, -0.2) is 6.03 Å². The third-order valence-corrected chi connectivity index (χ3v) is 15.3. The average molecular weight is 569 g/mol. The monoisotopic (exact) mass is 568 g/mol. The second-order valence-corrected chi connectivity index (χ2v) is 15.8. The van der Waals surface area contributed by atoms with Crippen LogP contribution in [0.1, 0.15) is 0 Å². The zero-order valence-corrected chi connectivity index (χ0v) is 24.5. The van der Waals surface area contributed by atoms with E-state index in [-0.39, 0.29) is 0 Å². The first-order valence-corrected chi connectivity index (χ1v) is 17.0. The van der Waals surface area contributed by atoms with Crippen molar-refractivity contribution in [1.29, 1.82) is 0 Å². The van der Waals surface area contributed by atoms with Crippen LogP contribution < -0.4 is 21.2 Å². The molecule has 0 aliphatic heterocycles. The number of fused-ring (bicyclic) bond motifs is 4. The SMILES string of the molecule is O=CP(c1cccc2ccccc12)(c1cccc2ccccc12)(c1cccc2ccccc12)c1cccc2ccccc12. The predicted octanol–water partition coefficient (Wildman–Crippen LogP) is 8.64. The van der Waals surface area contributed by atoms with Crippen LogP contribution in [0, 0.1) is 0 Å². The quantitative estimate of drug-likeness (QED) is 0.150. The molecule has 204 valence electrons. The predicted molar refractivity (Wildman–Crippen MR) is 188 cm³/mol. The summed E-state index contributed by atoms with van der Waals surface area (Å²) in [5, 5.41) is 13.2. The van der Waals surface area contributed by atoms with Gasteiger partial charge in [-0.2, -0.15) is 0 Å². The number of hydrogen-bond acceptors (Lipinski definition) is 1. The first-order chi connectivity index (χ1) is 21.3. The summed E-state index contributed by atoms with van der Waals surface area (Å²) in [6.07, 6.45) is 0. The van der Waals surface area contributed by atoms with E-state index in [1.165, 1.54) is 6.03 Å². The van der Waals surface area contributed by atoms with Gasteiger partial charge in [0.15, 0.2) is 0 Å². The summed E-state index contributed by atoms with van der Waals surface area (Å²) in [7, 11) is 0. The van der Waals surface area contributed by atoms with Gasteiger partial charge in [-0.1, -0.05) is 0 Å². The van der Waals surface area contributed by atoms with Gasteiger partial charge in [-0.3, -0.25) is 0 Å². The molecule has 8 rings (SSSR count). The first kappa shape index (κ1) is 25.6. The van der Waals surface area contributed by atoms with Gasteiger partial charge in [-0.25, -0.2) is 0 Å². The van der Waals surface area contributed by atoms with Gasteiger partial charge in [-0.15, -0.1) is 0 Å². The van der Waals surface area contributed by atoms with Crippen LogP contribution in [0.4, 0.5) is 0 Å². The van der Waals surface area contributed by atoms with Crippen molar-refractivity contribution in [1.82, 2.24) is 0 Å². The van der Waals surface area contributed by atoms with Gasteiger partial charge in [0, 0.05) is 0 Å². The molecular formula is C41H29OP. The Bertz CT molecular complexity index is 2000. The van der Waals surface area contributed by atoms with Crippen molar-refractivity contribution in [2.45, 2.75) is 0 Å². The molecule has 1 nitrogen and oxygen atoms in total. The van der Waals surface area contributed by atoms with Crippen LogP contribution in [0.3, 0.4) is 0 Å². The van der Waals surface area contributed by atoms with E-state index in [2.05, 4.69) is 170 Å². The fourth-order valence-corrected chi connectivity index (χ4v) is 13.9. The van der Waals surface area contributed by atoms with Gasteiger partial charge in [0.05, 0.1) is 0 Å². The molecule has 0 fully saturated rings. The van der Waals surface area contributed by atoms with E-state index in [9.17, 15) is 0 Å². The van der Waals surface area contributed by atoms with E-state index in [1.54, 1.807) is 0 Å². The third kappa shape index (κ3) is 3.40. The van der Waals surface area contributed by atoms with Crippen LogP contribution in [0.25, 0.3) is 43.1 Å². The minimum absolute atomic E-state index is 1.07. The van der Waals surface area contributed by atoms with Crippen molar-refractivity contribution in [3.8, 4) is 0 Å². The first-order valence-electron chi connectivity index (χ1n) is 14.7. The topological polar surface area (TPSA) is 17.1 Å². The summed E-state index contributed by atoms with van der Waals surface area (Å²) in [6, 6.07) is 61.5. The van der Waals surface area contributed by atoms with Gasteiger partial charge in [0.1, 0.15) is 0 Å². The van der Waals surface area contributed by atoms with Crippen molar-refractivity contribution in [2.75, 3.05) is 0 Å². The average Bonchev–Trinajstić information content (AvgIpc) is 3.09. The van der Waals surface area contributed by atoms with Crippen molar-refractivity contribution in [3.05, 3.63) is 170 Å². The molecule has 0 atom stereocenters. The molecule has 0 saturated heterocycles. The molecule has 0 heterocycles. The van der Waals surface area contributed by atoms with Crippen LogP contribution in [0.2, 0.25) is 0 Å². The van der Waals surface area contributed by atoms with E-state index < -0.39 is 6.60 Å². The van der Waals surface area contributed by atoms with E-state index in [0.717, 1.165) is 64.3 Å². The Morgan fingerprint density at radius 2 is 0.535 bits per heavy atom. The van der Waals surface area contributed by atoms with Gasteiger partial charge in [0.25, 0.3) is 0 Å². The van der Waals surface area contributed by atoms with E-state index in [0.29, 0.717) is 0 Å². The van der Waals surface area contributed by atoms with E-state index in [4.69, 9.17) is 0 Å². The maximum atomic E-state index is 15.2. The van der Waals surface area contributed by atoms with Crippen LogP contribution >= 0.6 is 6.60 Å². The Morgan fingerprint density at radius 3 is 0.791 bits per heavy atom.